The third-order valence-corrected chi connectivity index (χ3v) is 1.94. The second kappa shape index (κ2) is 10.6. The average molecular weight is 284 g/mol. The molecule has 2 nitrogen and oxygen atoms in total. The maximum absolute atomic E-state index is 10.8. The average Bonchev–Trinajstić information content (AvgIpc) is 3.03. The number of hydrogen-bond donors (Lipinski definition) is 0. The molecule has 96 valence electrons. The second-order valence-corrected chi connectivity index (χ2v) is 3.27. The van der Waals surface area contributed by atoms with Crippen molar-refractivity contribution in [2.75, 3.05) is 6.61 Å². The van der Waals surface area contributed by atoms with Gasteiger partial charge in [0.15, 0.2) is 0 Å². The molecule has 0 aliphatic rings. The number of rotatable bonds is 3. The molecule has 0 fully saturated rings. The molecule has 0 aliphatic carbocycles. The van der Waals surface area contributed by atoms with E-state index in [-0.39, 0.29) is 23.0 Å². The van der Waals surface area contributed by atoms with Gasteiger partial charge in [-0.05, 0) is 13.0 Å². The summed E-state index contributed by atoms with van der Waals surface area (Å²) in [5.74, 6) is -0.293. The number of esters is 1. The summed E-state index contributed by atoms with van der Waals surface area (Å²) in [5.41, 5.74) is 1.02. The summed E-state index contributed by atoms with van der Waals surface area (Å²) < 4.78 is 4.71. The minimum Gasteiger partial charge on any atom is -0.463 e. The van der Waals surface area contributed by atoms with Crippen LogP contribution in [0.1, 0.15) is 12.5 Å². The van der Waals surface area contributed by atoms with Gasteiger partial charge in [-0.3, -0.25) is 0 Å². The fourth-order valence-electron chi connectivity index (χ4n) is 1.18. The molecule has 0 heterocycles. The number of carbonyl (C=O) groups is 1. The molecule has 0 bridgehead atoms. The Morgan fingerprint density at radius 2 is 2.00 bits per heavy atom. The van der Waals surface area contributed by atoms with Gasteiger partial charge in [0.1, 0.15) is 0 Å². The summed E-state index contributed by atoms with van der Waals surface area (Å²) in [7, 11) is 0. The predicted octanol–water partition coefficient (Wildman–Crippen LogP) is 3.38. The Morgan fingerprint density at radius 1 is 1.28 bits per heavy atom. The van der Waals surface area contributed by atoms with Gasteiger partial charge in [0.25, 0.3) is 0 Å². The smallest absolute Gasteiger partial charge is 0.463 e. The van der Waals surface area contributed by atoms with Crippen molar-refractivity contribution in [1.82, 2.24) is 0 Å². The molecule has 0 N–H and O–H groups in total. The molecular weight excluding hydrogens is 268 g/mol. The molecule has 0 unspecified atom stereocenters. The topological polar surface area (TPSA) is 26.3 Å². The third-order valence-electron chi connectivity index (χ3n) is 1.94. The van der Waals surface area contributed by atoms with E-state index in [1.165, 1.54) is 6.08 Å². The van der Waals surface area contributed by atoms with Crippen molar-refractivity contribution < 1.29 is 26.6 Å². The van der Waals surface area contributed by atoms with E-state index in [0.29, 0.717) is 6.61 Å². The summed E-state index contributed by atoms with van der Waals surface area (Å²) in [5, 5.41) is 0. The molecule has 2 rings (SSSR count). The third kappa shape index (κ3) is 7.66. The van der Waals surface area contributed by atoms with Crippen molar-refractivity contribution >= 4 is 12.0 Å². The molecule has 2 aromatic carbocycles. The molecule has 0 saturated heterocycles. The normalized spacial score (nSPS) is 9.17. The van der Waals surface area contributed by atoms with Crippen molar-refractivity contribution in [2.24, 2.45) is 0 Å². The molecule has 3 heteroatoms. The molecule has 0 aliphatic heterocycles. The zero-order valence-electron chi connectivity index (χ0n) is 10.2. The van der Waals surface area contributed by atoms with Crippen molar-refractivity contribution in [3.8, 4) is 0 Å². The van der Waals surface area contributed by atoms with Crippen LogP contribution in [0.25, 0.3) is 6.08 Å². The zero-order chi connectivity index (χ0) is 12.3. The van der Waals surface area contributed by atoms with E-state index in [1.807, 2.05) is 54.6 Å². The van der Waals surface area contributed by atoms with Gasteiger partial charge in [0.05, 0.1) is 6.61 Å². The van der Waals surface area contributed by atoms with Gasteiger partial charge in [0.2, 0.25) is 0 Å². The molecule has 0 amide bonds. The Morgan fingerprint density at radius 3 is 2.44 bits per heavy atom. The van der Waals surface area contributed by atoms with Crippen LogP contribution >= 0.6 is 0 Å². The quantitative estimate of drug-likeness (QED) is 0.374. The van der Waals surface area contributed by atoms with Gasteiger partial charge in [0, 0.05) is 0 Å². The second-order valence-electron chi connectivity index (χ2n) is 3.27. The van der Waals surface area contributed by atoms with Crippen LogP contribution in [0.5, 0.6) is 0 Å². The molecule has 0 radical (unpaired) electrons. The van der Waals surface area contributed by atoms with Crippen LogP contribution in [0.15, 0.2) is 60.7 Å². The minimum atomic E-state index is -0.293. The molecule has 0 spiro atoms. The van der Waals surface area contributed by atoms with E-state index < -0.39 is 0 Å². The maximum Gasteiger partial charge on any atom is 2.00 e. The Kier molecular flexibility index (Phi) is 9.65. The monoisotopic (exact) mass is 284 g/mol. The first kappa shape index (κ1) is 16.4. The van der Waals surface area contributed by atoms with Gasteiger partial charge < -0.3 is 4.74 Å². The molecular formula is C15H16FeO2. The van der Waals surface area contributed by atoms with Gasteiger partial charge in [-0.2, -0.15) is 42.0 Å². The first-order valence-corrected chi connectivity index (χ1v) is 5.56. The van der Waals surface area contributed by atoms with E-state index in [4.69, 9.17) is 4.74 Å². The summed E-state index contributed by atoms with van der Waals surface area (Å²) in [6.07, 6.45) is 3.16. The Bertz CT molecular complexity index is 396. The van der Waals surface area contributed by atoms with E-state index in [0.717, 1.165) is 5.56 Å². The van der Waals surface area contributed by atoms with Crippen molar-refractivity contribution in [3.05, 3.63) is 66.2 Å². The van der Waals surface area contributed by atoms with Gasteiger partial charge >= 0.3 is 23.0 Å². The molecule has 18 heavy (non-hydrogen) atoms. The molecule has 0 aromatic heterocycles. The largest absolute Gasteiger partial charge is 2.00 e. The van der Waals surface area contributed by atoms with Crippen LogP contribution in [0.4, 0.5) is 0 Å². The van der Waals surface area contributed by atoms with Crippen molar-refractivity contribution in [1.29, 1.82) is 0 Å². The van der Waals surface area contributed by atoms with Crippen LogP contribution in [0.2, 0.25) is 0 Å². The summed E-state index contributed by atoms with van der Waals surface area (Å²) in [4.78, 5) is 10.8. The van der Waals surface area contributed by atoms with E-state index in [9.17, 15) is 4.79 Å². The molecule has 2 aromatic rings. The summed E-state index contributed by atoms with van der Waals surface area (Å²) >= 11 is 0. The molecule has 0 saturated carbocycles. The fourth-order valence-corrected chi connectivity index (χ4v) is 1.18. The summed E-state index contributed by atoms with van der Waals surface area (Å²) in [6, 6.07) is 17.7. The van der Waals surface area contributed by atoms with Gasteiger partial charge in [-0.25, -0.2) is 16.9 Å². The number of carbonyl (C=O) groups excluding carboxylic acids is 1. The van der Waals surface area contributed by atoms with Gasteiger partial charge in [-0.1, -0.05) is 0 Å². The number of hydrogen-bond acceptors (Lipinski definition) is 2. The first-order valence-electron chi connectivity index (χ1n) is 5.56. The number of ether oxygens (including phenoxy) is 1. The van der Waals surface area contributed by atoms with Crippen LogP contribution in [-0.4, -0.2) is 12.6 Å². The van der Waals surface area contributed by atoms with Crippen LogP contribution < -0.4 is 0 Å². The minimum absolute atomic E-state index is 0. The first-order chi connectivity index (χ1) is 8.33. The van der Waals surface area contributed by atoms with E-state index >= 15 is 0 Å². The van der Waals surface area contributed by atoms with E-state index in [1.54, 1.807) is 13.0 Å². The van der Waals surface area contributed by atoms with E-state index in [2.05, 4.69) is 0 Å². The standard InChI is InChI=1S/C10H11O2.C5H5.Fe/c1-2-12-10(11)8-7-9-5-3-4-6-9;1-2-4-5-3-1;/h3-8H,2H2,1H3;1-5H;/q2*-1;+2/b8-7+;;. The molecule has 0 atom stereocenters. The predicted molar refractivity (Wildman–Crippen MR) is 69.7 cm³/mol. The fraction of sp³-hybridized carbons (Fsp3) is 0.133. The Labute approximate surface area is 118 Å². The SMILES string of the molecule is CCOC(=O)/C=C/c1ccc[cH-]1.[Fe+2].c1cc[cH-]c1. The Balaban J connectivity index is 0.000000405. The Hall–Kier alpha value is -1.57. The summed E-state index contributed by atoms with van der Waals surface area (Å²) in [6.45, 7) is 2.21. The van der Waals surface area contributed by atoms with Crippen molar-refractivity contribution in [2.45, 2.75) is 6.92 Å². The van der Waals surface area contributed by atoms with Crippen LogP contribution in [0.3, 0.4) is 0 Å². The van der Waals surface area contributed by atoms with Gasteiger partial charge in [-0.15, -0.1) is 12.1 Å². The van der Waals surface area contributed by atoms with Crippen LogP contribution in [-0.2, 0) is 26.6 Å². The zero-order valence-corrected chi connectivity index (χ0v) is 11.3. The van der Waals surface area contributed by atoms with Crippen molar-refractivity contribution in [3.63, 3.8) is 0 Å². The van der Waals surface area contributed by atoms with Crippen LogP contribution in [0, 0.1) is 0 Å². The maximum atomic E-state index is 10.8.